The molecule has 27 heavy (non-hydrogen) atoms. The number of hydrogen-bond donors (Lipinski definition) is 2. The van der Waals surface area contributed by atoms with Gasteiger partial charge in [0, 0.05) is 21.6 Å². The minimum atomic E-state index is -0.102. The fraction of sp³-hybridized carbons (Fsp3) is 0.500. The van der Waals surface area contributed by atoms with Crippen LogP contribution in [0.4, 0.5) is 0 Å². The van der Waals surface area contributed by atoms with Crippen molar-refractivity contribution in [2.45, 2.75) is 76.7 Å². The Morgan fingerprint density at radius 1 is 0.667 bits per heavy atom. The Morgan fingerprint density at radius 2 is 1.00 bits per heavy atom. The van der Waals surface area contributed by atoms with Crippen LogP contribution in [0.25, 0.3) is 0 Å². The molecule has 148 valence electrons. The molecule has 0 amide bonds. The highest BCUT2D eigenvalue weighted by Gasteiger charge is 2.25. The van der Waals surface area contributed by atoms with E-state index >= 15 is 0 Å². The van der Waals surface area contributed by atoms with Crippen molar-refractivity contribution in [3.63, 3.8) is 0 Å². The van der Waals surface area contributed by atoms with Gasteiger partial charge in [-0.1, -0.05) is 77.9 Å². The lowest BCUT2D eigenvalue weighted by Crippen LogP contribution is -2.12. The summed E-state index contributed by atoms with van der Waals surface area (Å²) in [5, 5.41) is 21.9. The lowest BCUT2D eigenvalue weighted by molar-refractivity contribution is 0.440. The van der Waals surface area contributed by atoms with E-state index in [1.165, 1.54) is 0 Å². The Kier molecular flexibility index (Phi) is 6.26. The van der Waals surface area contributed by atoms with E-state index in [1.54, 1.807) is 11.8 Å². The molecule has 0 aliphatic heterocycles. The summed E-state index contributed by atoms with van der Waals surface area (Å²) >= 11 is 1.75. The van der Waals surface area contributed by atoms with E-state index < -0.39 is 0 Å². The Balaban J connectivity index is 2.31. The molecule has 0 radical (unpaired) electrons. The summed E-state index contributed by atoms with van der Waals surface area (Å²) in [6, 6.07) is 12.0. The molecule has 0 aliphatic rings. The van der Waals surface area contributed by atoms with Gasteiger partial charge in [-0.15, -0.1) is 11.8 Å². The Morgan fingerprint density at radius 3 is 1.30 bits per heavy atom. The van der Waals surface area contributed by atoms with Crippen LogP contribution in [0.5, 0.6) is 11.5 Å². The molecule has 2 aromatic carbocycles. The maximum atomic E-state index is 10.8. The molecule has 3 heteroatoms. The topological polar surface area (TPSA) is 40.5 Å². The molecule has 0 bridgehead atoms. The number of phenols is 2. The van der Waals surface area contributed by atoms with Crippen LogP contribution in [0, 0.1) is 0 Å². The van der Waals surface area contributed by atoms with Gasteiger partial charge in [-0.25, -0.2) is 0 Å². The first-order valence-corrected chi connectivity index (χ1v) is 10.6. The lowest BCUT2D eigenvalue weighted by Gasteiger charge is -2.26. The molecule has 2 nitrogen and oxygen atoms in total. The second-order valence-corrected chi connectivity index (χ2v) is 11.1. The van der Waals surface area contributed by atoms with E-state index in [0.717, 1.165) is 22.3 Å². The number of para-hydroxylation sites is 2. The van der Waals surface area contributed by atoms with Crippen molar-refractivity contribution in [1.82, 2.24) is 0 Å². The summed E-state index contributed by atoms with van der Waals surface area (Å²) in [4.78, 5) is 0. The average Bonchev–Trinajstić information content (AvgIpc) is 2.52. The SMILES string of the molecule is CC(SC(C)c1cccc(C(C)(C)C)c1O)c1cccc(C(C)(C)C)c1O. The first kappa shape index (κ1) is 21.7. The summed E-state index contributed by atoms with van der Waals surface area (Å²) < 4.78 is 0. The molecule has 2 rings (SSSR count). The second-order valence-electron chi connectivity index (χ2n) is 9.41. The zero-order chi connectivity index (χ0) is 20.6. The molecular weight excluding hydrogens is 352 g/mol. The van der Waals surface area contributed by atoms with Gasteiger partial charge in [-0.2, -0.15) is 0 Å². The molecule has 0 fully saturated rings. The summed E-state index contributed by atoms with van der Waals surface area (Å²) in [7, 11) is 0. The maximum absolute atomic E-state index is 10.8. The lowest BCUT2D eigenvalue weighted by atomic mass is 9.85. The van der Waals surface area contributed by atoms with Crippen molar-refractivity contribution in [3.8, 4) is 11.5 Å². The highest BCUT2D eigenvalue weighted by molar-refractivity contribution is 7.99. The molecule has 2 atom stereocenters. The van der Waals surface area contributed by atoms with Crippen LogP contribution in [0.15, 0.2) is 36.4 Å². The third-order valence-corrected chi connectivity index (χ3v) is 6.36. The highest BCUT2D eigenvalue weighted by Crippen LogP contribution is 2.47. The minimum Gasteiger partial charge on any atom is -0.507 e. The molecular formula is C24H34O2S. The second kappa shape index (κ2) is 7.79. The number of rotatable bonds is 4. The predicted molar refractivity (Wildman–Crippen MR) is 118 cm³/mol. The zero-order valence-corrected chi connectivity index (χ0v) is 18.7. The van der Waals surface area contributed by atoms with Gasteiger partial charge >= 0.3 is 0 Å². The minimum absolute atomic E-state index is 0.102. The zero-order valence-electron chi connectivity index (χ0n) is 17.9. The molecule has 0 spiro atoms. The third kappa shape index (κ3) is 4.82. The molecule has 0 aromatic heterocycles. The average molecular weight is 387 g/mol. The molecule has 2 aromatic rings. The predicted octanol–water partition coefficient (Wildman–Crippen LogP) is 7.25. The van der Waals surface area contributed by atoms with Crippen LogP contribution < -0.4 is 0 Å². The Bertz CT molecular complexity index is 730. The standard InChI is InChI=1S/C24H34O2S/c1-15(17-11-9-13-19(21(17)25)23(3,4)5)27-16(2)18-12-10-14-20(22(18)26)24(6,7)8/h9-16,25-26H,1-8H3. The molecule has 0 saturated heterocycles. The molecule has 0 heterocycles. The highest BCUT2D eigenvalue weighted by atomic mass is 32.2. The molecule has 0 aliphatic carbocycles. The summed E-state index contributed by atoms with van der Waals surface area (Å²) in [6.07, 6.45) is 0. The van der Waals surface area contributed by atoms with Crippen LogP contribution in [-0.2, 0) is 10.8 Å². The van der Waals surface area contributed by atoms with Crippen molar-refractivity contribution in [3.05, 3.63) is 58.7 Å². The maximum Gasteiger partial charge on any atom is 0.123 e. The smallest absolute Gasteiger partial charge is 0.123 e. The van der Waals surface area contributed by atoms with Crippen LogP contribution in [0.3, 0.4) is 0 Å². The van der Waals surface area contributed by atoms with Gasteiger partial charge in [-0.05, 0) is 35.8 Å². The van der Waals surface area contributed by atoms with E-state index in [2.05, 4.69) is 55.4 Å². The van der Waals surface area contributed by atoms with Gasteiger partial charge in [0.15, 0.2) is 0 Å². The van der Waals surface area contributed by atoms with Gasteiger partial charge in [-0.3, -0.25) is 0 Å². The molecule has 2 unspecified atom stereocenters. The number of benzene rings is 2. The van der Waals surface area contributed by atoms with Gasteiger partial charge < -0.3 is 10.2 Å². The third-order valence-electron chi connectivity index (χ3n) is 5.03. The quantitative estimate of drug-likeness (QED) is 0.581. The first-order valence-electron chi connectivity index (χ1n) is 9.64. The van der Waals surface area contributed by atoms with Crippen LogP contribution in [-0.4, -0.2) is 10.2 Å². The fourth-order valence-corrected chi connectivity index (χ4v) is 4.73. The monoisotopic (exact) mass is 386 g/mol. The van der Waals surface area contributed by atoms with E-state index in [4.69, 9.17) is 0 Å². The number of aromatic hydroxyl groups is 2. The summed E-state index contributed by atoms with van der Waals surface area (Å²) in [5.74, 6) is 0.787. The normalized spacial score (nSPS) is 14.8. The Labute approximate surface area is 169 Å². The molecule has 0 saturated carbocycles. The van der Waals surface area contributed by atoms with Gasteiger partial charge in [0.2, 0.25) is 0 Å². The number of phenolic OH excluding ortho intramolecular Hbond substituents is 2. The van der Waals surface area contributed by atoms with Gasteiger partial charge in [0.25, 0.3) is 0 Å². The van der Waals surface area contributed by atoms with E-state index in [1.807, 2.05) is 36.4 Å². The van der Waals surface area contributed by atoms with E-state index in [9.17, 15) is 10.2 Å². The van der Waals surface area contributed by atoms with Crippen molar-refractivity contribution in [2.24, 2.45) is 0 Å². The number of thioether (sulfide) groups is 1. The van der Waals surface area contributed by atoms with E-state index in [0.29, 0.717) is 11.5 Å². The van der Waals surface area contributed by atoms with Crippen LogP contribution in [0.2, 0.25) is 0 Å². The van der Waals surface area contributed by atoms with Crippen molar-refractivity contribution in [1.29, 1.82) is 0 Å². The summed E-state index contributed by atoms with van der Waals surface area (Å²) in [6.45, 7) is 16.9. The van der Waals surface area contributed by atoms with Gasteiger partial charge in [0.1, 0.15) is 11.5 Å². The van der Waals surface area contributed by atoms with Crippen molar-refractivity contribution in [2.75, 3.05) is 0 Å². The number of hydrogen-bond acceptors (Lipinski definition) is 3. The Hall–Kier alpha value is -1.61. The van der Waals surface area contributed by atoms with Crippen molar-refractivity contribution >= 4 is 11.8 Å². The largest absolute Gasteiger partial charge is 0.507 e. The van der Waals surface area contributed by atoms with Gasteiger partial charge in [0.05, 0.1) is 0 Å². The summed E-state index contributed by atoms with van der Waals surface area (Å²) in [5.41, 5.74) is 3.64. The van der Waals surface area contributed by atoms with Crippen LogP contribution >= 0.6 is 11.8 Å². The van der Waals surface area contributed by atoms with Crippen molar-refractivity contribution < 1.29 is 10.2 Å². The van der Waals surface area contributed by atoms with E-state index in [-0.39, 0.29) is 21.3 Å². The first-order chi connectivity index (χ1) is 12.3. The fourth-order valence-electron chi connectivity index (χ4n) is 3.44. The van der Waals surface area contributed by atoms with Crippen LogP contribution in [0.1, 0.15) is 88.1 Å². The molecule has 2 N–H and O–H groups in total.